The Bertz CT molecular complexity index is 1430. The molecule has 0 saturated heterocycles. The standard InChI is InChI=1S/C30H29ClN2O2/c1-5-21-10-9-11-22(6-2)28(21)32-30(35)27-26(34)18-20(4)33(23-16-14-19(3)15-17-23)29(27)24-12-7-8-13-25(24)31/h7-18H,5-6H2,1-4H3,(H,32,35). The van der Waals surface area contributed by atoms with Gasteiger partial charge in [0.05, 0.1) is 5.69 Å². The zero-order valence-corrected chi connectivity index (χ0v) is 21.2. The van der Waals surface area contributed by atoms with Crippen LogP contribution in [0.25, 0.3) is 16.9 Å². The first-order valence-electron chi connectivity index (χ1n) is 11.9. The second-order valence-electron chi connectivity index (χ2n) is 8.64. The predicted octanol–water partition coefficient (Wildman–Crippen LogP) is 7.15. The van der Waals surface area contributed by atoms with E-state index in [1.54, 1.807) is 6.07 Å². The van der Waals surface area contributed by atoms with Gasteiger partial charge in [0.25, 0.3) is 5.91 Å². The molecule has 0 aliphatic carbocycles. The third-order valence-electron chi connectivity index (χ3n) is 6.29. The van der Waals surface area contributed by atoms with Crippen LogP contribution in [0, 0.1) is 13.8 Å². The normalized spacial score (nSPS) is 10.9. The molecule has 0 aliphatic heterocycles. The number of benzene rings is 3. The molecule has 0 saturated carbocycles. The molecule has 0 unspecified atom stereocenters. The third kappa shape index (κ3) is 4.80. The van der Waals surface area contributed by atoms with Crippen molar-refractivity contribution in [3.8, 4) is 16.9 Å². The summed E-state index contributed by atoms with van der Waals surface area (Å²) < 4.78 is 1.93. The van der Waals surface area contributed by atoms with Crippen molar-refractivity contribution in [2.24, 2.45) is 0 Å². The lowest BCUT2D eigenvalue weighted by molar-refractivity contribution is 0.102. The zero-order valence-electron chi connectivity index (χ0n) is 20.5. The van der Waals surface area contributed by atoms with E-state index >= 15 is 0 Å². The number of nitrogens with one attached hydrogen (secondary N) is 1. The second kappa shape index (κ2) is 10.3. The maximum Gasteiger partial charge on any atom is 0.261 e. The summed E-state index contributed by atoms with van der Waals surface area (Å²) in [6, 6.07) is 22.8. The largest absolute Gasteiger partial charge is 0.321 e. The number of carbonyl (C=O) groups excluding carboxylic acids is 1. The molecule has 0 bridgehead atoms. The van der Waals surface area contributed by atoms with Crippen LogP contribution in [0.3, 0.4) is 0 Å². The Morgan fingerprint density at radius 2 is 1.51 bits per heavy atom. The van der Waals surface area contributed by atoms with Crippen molar-refractivity contribution in [2.75, 3.05) is 5.32 Å². The summed E-state index contributed by atoms with van der Waals surface area (Å²) in [6.07, 6.45) is 1.53. The van der Waals surface area contributed by atoms with E-state index in [4.69, 9.17) is 11.6 Å². The van der Waals surface area contributed by atoms with Gasteiger partial charge in [0.2, 0.25) is 0 Å². The van der Waals surface area contributed by atoms with Gasteiger partial charge in [-0.25, -0.2) is 0 Å². The first kappa shape index (κ1) is 24.5. The Balaban J connectivity index is 2.00. The SMILES string of the molecule is CCc1cccc(CC)c1NC(=O)c1c(-c2ccccc2Cl)n(-c2ccc(C)cc2)c(C)cc1=O. The topological polar surface area (TPSA) is 51.1 Å². The maximum absolute atomic E-state index is 13.9. The highest BCUT2D eigenvalue weighted by Crippen LogP contribution is 2.33. The molecule has 1 amide bonds. The number of aromatic nitrogens is 1. The van der Waals surface area contributed by atoms with Crippen LogP contribution in [0.15, 0.2) is 77.6 Å². The Kier molecular flexibility index (Phi) is 7.23. The minimum Gasteiger partial charge on any atom is -0.321 e. The fourth-order valence-electron chi connectivity index (χ4n) is 4.46. The number of pyridine rings is 1. The molecule has 0 aliphatic rings. The first-order chi connectivity index (χ1) is 16.8. The van der Waals surface area contributed by atoms with Crippen LogP contribution >= 0.6 is 11.6 Å². The Labute approximate surface area is 211 Å². The molecule has 1 N–H and O–H groups in total. The van der Waals surface area contributed by atoms with Crippen LogP contribution in [0.2, 0.25) is 5.02 Å². The molecule has 3 aromatic carbocycles. The third-order valence-corrected chi connectivity index (χ3v) is 6.61. The molecule has 4 aromatic rings. The first-order valence-corrected chi connectivity index (χ1v) is 12.2. The van der Waals surface area contributed by atoms with Crippen molar-refractivity contribution in [1.82, 2.24) is 4.57 Å². The van der Waals surface area contributed by atoms with Gasteiger partial charge in [0.15, 0.2) is 5.43 Å². The Hall–Kier alpha value is -3.63. The van der Waals surface area contributed by atoms with Crippen LogP contribution in [-0.2, 0) is 12.8 Å². The molecule has 178 valence electrons. The molecule has 4 rings (SSSR count). The summed E-state index contributed by atoms with van der Waals surface area (Å²) in [4.78, 5) is 27.3. The molecule has 1 heterocycles. The van der Waals surface area contributed by atoms with Crippen molar-refractivity contribution in [3.05, 3.63) is 116 Å². The van der Waals surface area contributed by atoms with Gasteiger partial charge in [-0.2, -0.15) is 0 Å². The number of amides is 1. The van der Waals surface area contributed by atoms with E-state index in [0.29, 0.717) is 22.0 Å². The highest BCUT2D eigenvalue weighted by atomic mass is 35.5. The number of anilines is 1. The number of para-hydroxylation sites is 1. The number of rotatable bonds is 6. The lowest BCUT2D eigenvalue weighted by atomic mass is 10.00. The number of aryl methyl sites for hydroxylation is 4. The summed E-state index contributed by atoms with van der Waals surface area (Å²) in [6.45, 7) is 7.99. The van der Waals surface area contributed by atoms with Crippen molar-refractivity contribution >= 4 is 23.2 Å². The summed E-state index contributed by atoms with van der Waals surface area (Å²) in [5, 5.41) is 3.55. The van der Waals surface area contributed by atoms with Crippen molar-refractivity contribution in [3.63, 3.8) is 0 Å². The van der Waals surface area contributed by atoms with Crippen molar-refractivity contribution in [2.45, 2.75) is 40.5 Å². The van der Waals surface area contributed by atoms with Crippen LogP contribution in [0.4, 0.5) is 5.69 Å². The van der Waals surface area contributed by atoms with E-state index in [0.717, 1.165) is 40.9 Å². The molecule has 1 aromatic heterocycles. The molecular formula is C30H29ClN2O2. The van der Waals surface area contributed by atoms with E-state index < -0.39 is 5.91 Å². The summed E-state index contributed by atoms with van der Waals surface area (Å²) >= 11 is 6.63. The Morgan fingerprint density at radius 1 is 0.886 bits per heavy atom. The van der Waals surface area contributed by atoms with E-state index in [2.05, 4.69) is 19.2 Å². The minimum absolute atomic E-state index is 0.0669. The van der Waals surface area contributed by atoms with Crippen molar-refractivity contribution in [1.29, 1.82) is 0 Å². The smallest absolute Gasteiger partial charge is 0.261 e. The van der Waals surface area contributed by atoms with Gasteiger partial charge < -0.3 is 9.88 Å². The number of hydrogen-bond donors (Lipinski definition) is 1. The van der Waals surface area contributed by atoms with E-state index in [1.165, 1.54) is 6.07 Å². The van der Waals surface area contributed by atoms with Crippen LogP contribution < -0.4 is 10.7 Å². The van der Waals surface area contributed by atoms with Crippen LogP contribution in [0.5, 0.6) is 0 Å². The quantitative estimate of drug-likeness (QED) is 0.316. The van der Waals surface area contributed by atoms with Gasteiger partial charge in [-0.15, -0.1) is 0 Å². The van der Waals surface area contributed by atoms with Gasteiger partial charge in [-0.05, 0) is 56.0 Å². The van der Waals surface area contributed by atoms with E-state index in [-0.39, 0.29) is 11.0 Å². The molecule has 5 heteroatoms. The average molecular weight is 485 g/mol. The number of hydrogen-bond acceptors (Lipinski definition) is 2. The molecule has 35 heavy (non-hydrogen) atoms. The highest BCUT2D eigenvalue weighted by Gasteiger charge is 2.25. The molecule has 0 spiro atoms. The molecule has 0 atom stereocenters. The summed E-state index contributed by atoms with van der Waals surface area (Å²) in [5.74, 6) is -0.443. The number of halogens is 1. The maximum atomic E-state index is 13.9. The molecule has 0 radical (unpaired) electrons. The Morgan fingerprint density at radius 3 is 2.11 bits per heavy atom. The van der Waals surface area contributed by atoms with Gasteiger partial charge in [-0.3, -0.25) is 9.59 Å². The minimum atomic E-state index is -0.443. The predicted molar refractivity (Wildman–Crippen MR) is 145 cm³/mol. The van der Waals surface area contributed by atoms with Gasteiger partial charge in [0, 0.05) is 33.7 Å². The monoisotopic (exact) mass is 484 g/mol. The van der Waals surface area contributed by atoms with E-state index in [9.17, 15) is 9.59 Å². The lowest BCUT2D eigenvalue weighted by Crippen LogP contribution is -2.27. The average Bonchev–Trinajstić information content (AvgIpc) is 2.84. The highest BCUT2D eigenvalue weighted by molar-refractivity contribution is 6.33. The fraction of sp³-hybridized carbons (Fsp3) is 0.200. The van der Waals surface area contributed by atoms with Crippen molar-refractivity contribution < 1.29 is 4.79 Å². The molecular weight excluding hydrogens is 456 g/mol. The van der Waals surface area contributed by atoms with Crippen LogP contribution in [0.1, 0.15) is 46.6 Å². The van der Waals surface area contributed by atoms with Gasteiger partial charge in [-0.1, -0.05) is 79.5 Å². The molecule has 4 nitrogen and oxygen atoms in total. The number of nitrogens with zero attached hydrogens (tertiary/aromatic N) is 1. The summed E-state index contributed by atoms with van der Waals surface area (Å²) in [5.41, 5.74) is 6.35. The van der Waals surface area contributed by atoms with Crippen LogP contribution in [-0.4, -0.2) is 10.5 Å². The zero-order chi connectivity index (χ0) is 25.1. The van der Waals surface area contributed by atoms with Gasteiger partial charge in [0.1, 0.15) is 5.56 Å². The van der Waals surface area contributed by atoms with E-state index in [1.807, 2.05) is 79.1 Å². The molecule has 0 fully saturated rings. The lowest BCUT2D eigenvalue weighted by Gasteiger charge is -2.22. The fourth-order valence-corrected chi connectivity index (χ4v) is 4.69. The summed E-state index contributed by atoms with van der Waals surface area (Å²) in [7, 11) is 0. The van der Waals surface area contributed by atoms with Gasteiger partial charge >= 0.3 is 0 Å². The number of carbonyl (C=O) groups is 1. The second-order valence-corrected chi connectivity index (χ2v) is 9.04.